The number of quaternary nitrogens is 1. The van der Waals surface area contributed by atoms with Crippen LogP contribution in [0.2, 0.25) is 0 Å². The molecular formula is C20H24N4O4. The van der Waals surface area contributed by atoms with Crippen LogP contribution in [0.15, 0.2) is 36.5 Å². The van der Waals surface area contributed by atoms with Gasteiger partial charge in [0.2, 0.25) is 5.91 Å². The summed E-state index contributed by atoms with van der Waals surface area (Å²) in [6.45, 7) is 1.09. The van der Waals surface area contributed by atoms with Crippen LogP contribution in [0, 0.1) is 5.21 Å². The van der Waals surface area contributed by atoms with Gasteiger partial charge in [-0.1, -0.05) is 0 Å². The number of hydrogen-bond donors (Lipinski definition) is 1. The van der Waals surface area contributed by atoms with E-state index in [0.717, 1.165) is 12.0 Å². The second kappa shape index (κ2) is 8.37. The van der Waals surface area contributed by atoms with Crippen LogP contribution in [-0.4, -0.2) is 54.3 Å². The lowest BCUT2D eigenvalue weighted by atomic mass is 10.1. The van der Waals surface area contributed by atoms with Gasteiger partial charge >= 0.3 is 0 Å². The molecule has 2 amide bonds. The molecule has 3 rings (SSSR count). The number of hydrogen-bond acceptors (Lipinski definition) is 5. The van der Waals surface area contributed by atoms with Gasteiger partial charge in [-0.2, -0.15) is 0 Å². The molecule has 1 aromatic carbocycles. The van der Waals surface area contributed by atoms with Crippen LogP contribution < -0.4 is 9.80 Å². The molecule has 1 unspecified atom stereocenters. The number of pyridine rings is 1. The highest BCUT2D eigenvalue weighted by atomic mass is 16.5. The fourth-order valence-corrected chi connectivity index (χ4v) is 3.02. The van der Waals surface area contributed by atoms with Crippen molar-refractivity contribution in [2.24, 2.45) is 0 Å². The molecule has 1 N–H and O–H groups in total. The van der Waals surface area contributed by atoms with Gasteiger partial charge in [0.25, 0.3) is 5.91 Å². The maximum Gasteiger partial charge on any atom is 0.271 e. The number of rotatable bonds is 6. The van der Waals surface area contributed by atoms with Crippen molar-refractivity contribution in [1.82, 2.24) is 14.8 Å². The van der Waals surface area contributed by atoms with Gasteiger partial charge in [0.05, 0.1) is 13.2 Å². The molecule has 0 spiro atoms. The van der Waals surface area contributed by atoms with Crippen molar-refractivity contribution < 1.29 is 19.4 Å². The molecule has 0 radical (unpaired) electrons. The third-order valence-electron chi connectivity index (χ3n) is 4.59. The summed E-state index contributed by atoms with van der Waals surface area (Å²) in [5.41, 5.74) is 1.66. The van der Waals surface area contributed by atoms with Crippen molar-refractivity contribution in [2.45, 2.75) is 19.4 Å². The normalized spacial score (nSPS) is 14.9. The van der Waals surface area contributed by atoms with E-state index in [1.54, 1.807) is 49.3 Å². The summed E-state index contributed by atoms with van der Waals surface area (Å²) in [6, 6.07) is 8.47. The maximum atomic E-state index is 12.0. The van der Waals surface area contributed by atoms with Crippen molar-refractivity contribution in [1.29, 1.82) is 0 Å². The van der Waals surface area contributed by atoms with E-state index in [9.17, 15) is 14.8 Å². The first-order chi connectivity index (χ1) is 13.3. The van der Waals surface area contributed by atoms with Crippen LogP contribution in [0.3, 0.4) is 0 Å². The average molecular weight is 384 g/mol. The van der Waals surface area contributed by atoms with Gasteiger partial charge in [0.1, 0.15) is 22.9 Å². The molecule has 28 heavy (non-hydrogen) atoms. The zero-order chi connectivity index (χ0) is 20.3. The Bertz CT molecular complexity index is 865. The molecule has 1 aliphatic rings. The predicted molar refractivity (Wildman–Crippen MR) is 103 cm³/mol. The smallest absolute Gasteiger partial charge is 0.271 e. The van der Waals surface area contributed by atoms with Crippen LogP contribution in [0.4, 0.5) is 5.69 Å². The van der Waals surface area contributed by atoms with E-state index in [2.05, 4.69) is 4.98 Å². The van der Waals surface area contributed by atoms with Gasteiger partial charge < -0.3 is 24.8 Å². The van der Waals surface area contributed by atoms with Gasteiger partial charge in [-0.3, -0.25) is 9.59 Å². The molecule has 1 aliphatic heterocycles. The largest absolute Gasteiger partial charge is 0.629 e. The van der Waals surface area contributed by atoms with Crippen LogP contribution >= 0.6 is 0 Å². The van der Waals surface area contributed by atoms with Crippen molar-refractivity contribution in [3.05, 3.63) is 53.0 Å². The van der Waals surface area contributed by atoms with E-state index >= 15 is 0 Å². The summed E-state index contributed by atoms with van der Waals surface area (Å²) in [4.78, 5) is 31.3. The SMILES string of the molecule is CN(C)C(=O)c1ccc(Oc2ccc([NH+](C)[O-])cc2CN2CCCC2=O)cn1. The Morgan fingerprint density at radius 1 is 1.32 bits per heavy atom. The van der Waals surface area contributed by atoms with Crippen LogP contribution in [0.5, 0.6) is 11.5 Å². The van der Waals surface area contributed by atoms with Gasteiger partial charge in [0, 0.05) is 51.3 Å². The monoisotopic (exact) mass is 384 g/mol. The van der Waals surface area contributed by atoms with Crippen LogP contribution in [0.1, 0.15) is 28.9 Å². The zero-order valence-corrected chi connectivity index (χ0v) is 16.3. The fourth-order valence-electron chi connectivity index (χ4n) is 3.02. The lowest BCUT2D eigenvalue weighted by molar-refractivity contribution is -0.751. The first-order valence-corrected chi connectivity index (χ1v) is 9.12. The summed E-state index contributed by atoms with van der Waals surface area (Å²) in [5, 5.41) is 11.7. The van der Waals surface area contributed by atoms with Crippen molar-refractivity contribution >= 4 is 17.5 Å². The van der Waals surface area contributed by atoms with Crippen molar-refractivity contribution in [3.63, 3.8) is 0 Å². The summed E-state index contributed by atoms with van der Waals surface area (Å²) >= 11 is 0. The number of nitrogens with zero attached hydrogens (tertiary/aromatic N) is 3. The Morgan fingerprint density at radius 2 is 2.11 bits per heavy atom. The minimum atomic E-state index is -0.189. The van der Waals surface area contributed by atoms with Crippen molar-refractivity contribution in [2.75, 3.05) is 27.7 Å². The third kappa shape index (κ3) is 4.47. The Kier molecular flexibility index (Phi) is 5.91. The molecule has 0 bridgehead atoms. The number of aromatic nitrogens is 1. The van der Waals surface area contributed by atoms with Gasteiger partial charge in [-0.05, 0) is 24.6 Å². The Morgan fingerprint density at radius 3 is 2.68 bits per heavy atom. The molecule has 2 heterocycles. The Labute approximate surface area is 163 Å². The highest BCUT2D eigenvalue weighted by Crippen LogP contribution is 2.29. The maximum absolute atomic E-state index is 12.0. The molecule has 1 aromatic heterocycles. The molecule has 148 valence electrons. The molecule has 1 atom stereocenters. The minimum Gasteiger partial charge on any atom is -0.629 e. The fraction of sp³-hybridized carbons (Fsp3) is 0.350. The van der Waals surface area contributed by atoms with E-state index in [-0.39, 0.29) is 16.9 Å². The highest BCUT2D eigenvalue weighted by Gasteiger charge is 2.22. The number of ether oxygens (including phenoxy) is 1. The molecule has 1 fully saturated rings. The summed E-state index contributed by atoms with van der Waals surface area (Å²) in [6.07, 6.45) is 2.88. The molecule has 0 aliphatic carbocycles. The van der Waals surface area contributed by atoms with Crippen LogP contribution in [-0.2, 0) is 11.3 Å². The lowest BCUT2D eigenvalue weighted by Gasteiger charge is -2.21. The van der Waals surface area contributed by atoms with Crippen LogP contribution in [0.25, 0.3) is 0 Å². The zero-order valence-electron chi connectivity index (χ0n) is 16.3. The third-order valence-corrected chi connectivity index (χ3v) is 4.59. The van der Waals surface area contributed by atoms with E-state index in [1.165, 1.54) is 18.1 Å². The van der Waals surface area contributed by atoms with Gasteiger partial charge in [-0.25, -0.2) is 4.98 Å². The molecule has 2 aromatic rings. The molecule has 0 saturated carbocycles. The standard InChI is InChI=1S/C20H24N4O4/c1-22(2)20(26)17-8-7-16(12-21-17)28-18-9-6-15(23(3)27)11-14(18)13-24-10-4-5-19(24)25/h6-9,11-12,23H,4-5,10,13H2,1-3H3. The highest BCUT2D eigenvalue weighted by molar-refractivity contribution is 5.91. The van der Waals surface area contributed by atoms with Gasteiger partial charge in [-0.15, -0.1) is 0 Å². The summed E-state index contributed by atoms with van der Waals surface area (Å²) < 4.78 is 5.95. The van der Waals surface area contributed by atoms with E-state index in [4.69, 9.17) is 4.74 Å². The molecule has 1 saturated heterocycles. The first kappa shape index (κ1) is 19.8. The second-order valence-electron chi connectivity index (χ2n) is 6.98. The lowest BCUT2D eigenvalue weighted by Crippen LogP contribution is -2.98. The average Bonchev–Trinajstić information content (AvgIpc) is 3.07. The second-order valence-corrected chi connectivity index (χ2v) is 6.98. The Balaban J connectivity index is 1.84. The number of benzene rings is 1. The number of hydroxylamine groups is 1. The molecular weight excluding hydrogens is 360 g/mol. The topological polar surface area (TPSA) is 90.2 Å². The number of nitrogens with one attached hydrogen (secondary N) is 1. The number of likely N-dealkylation sites (tertiary alicyclic amines) is 1. The number of carbonyl (C=O) groups is 2. The van der Waals surface area contributed by atoms with E-state index in [1.807, 2.05) is 0 Å². The van der Waals surface area contributed by atoms with Crippen molar-refractivity contribution in [3.8, 4) is 11.5 Å². The van der Waals surface area contributed by atoms with E-state index < -0.39 is 0 Å². The predicted octanol–water partition coefficient (Wildman–Crippen LogP) is 1.34. The van der Waals surface area contributed by atoms with E-state index in [0.29, 0.717) is 42.4 Å². The molecule has 8 heteroatoms. The first-order valence-electron chi connectivity index (χ1n) is 9.12. The Hall–Kier alpha value is -2.97. The van der Waals surface area contributed by atoms with Gasteiger partial charge in [0.15, 0.2) is 0 Å². The minimum absolute atomic E-state index is 0.0474. The summed E-state index contributed by atoms with van der Waals surface area (Å²) in [7, 11) is 4.83. The number of amides is 2. The molecule has 8 nitrogen and oxygen atoms in total. The quantitative estimate of drug-likeness (QED) is 0.759. The number of carbonyl (C=O) groups excluding carboxylic acids is 2. The summed E-state index contributed by atoms with van der Waals surface area (Å²) in [5.74, 6) is 0.941.